The second-order valence-electron chi connectivity index (χ2n) is 4.72. The molecule has 0 N–H and O–H groups in total. The Morgan fingerprint density at radius 3 is 2.42 bits per heavy atom. The summed E-state index contributed by atoms with van der Waals surface area (Å²) in [5.41, 5.74) is 0. The van der Waals surface area contributed by atoms with Crippen LogP contribution in [0.4, 0.5) is 0 Å². The Hall–Kier alpha value is -2.73. The van der Waals surface area contributed by atoms with Crippen LogP contribution in [0.15, 0.2) is 70.7 Å². The van der Waals surface area contributed by atoms with Crippen LogP contribution in [0.1, 0.15) is 0 Å². The third-order valence-corrected chi connectivity index (χ3v) is 4.04. The van der Waals surface area contributed by atoms with E-state index in [4.69, 9.17) is 14.2 Å². The zero-order valence-electron chi connectivity index (χ0n) is 13.3. The van der Waals surface area contributed by atoms with E-state index >= 15 is 0 Å². The van der Waals surface area contributed by atoms with E-state index in [0.29, 0.717) is 16.8 Å². The van der Waals surface area contributed by atoms with Crippen molar-refractivity contribution < 1.29 is 14.2 Å². The molecule has 0 aliphatic carbocycles. The Balaban J connectivity index is 1.82. The van der Waals surface area contributed by atoms with Crippen LogP contribution >= 0.6 is 11.8 Å². The van der Waals surface area contributed by atoms with Crippen molar-refractivity contribution in [3.63, 3.8) is 0 Å². The van der Waals surface area contributed by atoms with Gasteiger partial charge in [0.15, 0.2) is 5.03 Å². The molecule has 2 aromatic carbocycles. The normalized spacial score (nSPS) is 10.2. The first-order chi connectivity index (χ1) is 11.8. The van der Waals surface area contributed by atoms with Crippen molar-refractivity contribution in [2.45, 2.75) is 9.92 Å². The largest absolute Gasteiger partial charge is 0.480 e. The summed E-state index contributed by atoms with van der Waals surface area (Å²) in [6, 6.07) is 17.4. The molecule has 0 aliphatic rings. The monoisotopic (exact) mass is 340 g/mol. The number of para-hydroxylation sites is 1. The van der Waals surface area contributed by atoms with Gasteiger partial charge in [-0.25, -0.2) is 4.98 Å². The average Bonchev–Trinajstić information content (AvgIpc) is 2.63. The Bertz CT molecular complexity index is 812. The fourth-order valence-electron chi connectivity index (χ4n) is 1.99. The van der Waals surface area contributed by atoms with Crippen molar-refractivity contribution in [1.82, 2.24) is 9.97 Å². The molecule has 1 heterocycles. The van der Waals surface area contributed by atoms with Gasteiger partial charge in [-0.1, -0.05) is 36.0 Å². The lowest BCUT2D eigenvalue weighted by atomic mass is 10.3. The van der Waals surface area contributed by atoms with Gasteiger partial charge in [-0.05, 0) is 30.3 Å². The number of aromatic nitrogens is 2. The van der Waals surface area contributed by atoms with Crippen LogP contribution in [0, 0.1) is 0 Å². The summed E-state index contributed by atoms with van der Waals surface area (Å²) in [6.45, 7) is 0. The van der Waals surface area contributed by atoms with Crippen LogP contribution < -0.4 is 14.2 Å². The molecule has 0 atom stereocenters. The Kier molecular flexibility index (Phi) is 5.18. The number of nitrogens with zero attached hydrogens (tertiary/aromatic N) is 2. The van der Waals surface area contributed by atoms with E-state index < -0.39 is 0 Å². The van der Waals surface area contributed by atoms with Crippen molar-refractivity contribution in [2.75, 3.05) is 14.2 Å². The highest BCUT2D eigenvalue weighted by atomic mass is 32.2. The van der Waals surface area contributed by atoms with E-state index in [-0.39, 0.29) is 0 Å². The summed E-state index contributed by atoms with van der Waals surface area (Å²) in [5, 5.41) is 0.633. The fourth-order valence-corrected chi connectivity index (χ4v) is 2.89. The minimum absolute atomic E-state index is 0.440. The van der Waals surface area contributed by atoms with E-state index in [1.165, 1.54) is 18.0 Å². The summed E-state index contributed by atoms with van der Waals surface area (Å²) < 4.78 is 16.2. The third kappa shape index (κ3) is 3.97. The van der Waals surface area contributed by atoms with Crippen molar-refractivity contribution in [2.24, 2.45) is 0 Å². The van der Waals surface area contributed by atoms with Crippen LogP contribution in [0.2, 0.25) is 0 Å². The minimum Gasteiger partial charge on any atom is -0.480 e. The Morgan fingerprint density at radius 1 is 0.875 bits per heavy atom. The molecule has 3 rings (SSSR count). The summed E-state index contributed by atoms with van der Waals surface area (Å²) >= 11 is 1.43. The molecular formula is C18H16N2O3S. The first-order valence-electron chi connectivity index (χ1n) is 7.24. The van der Waals surface area contributed by atoms with Gasteiger partial charge in [0.25, 0.3) is 0 Å². The second kappa shape index (κ2) is 7.70. The van der Waals surface area contributed by atoms with Crippen molar-refractivity contribution in [1.29, 1.82) is 0 Å². The molecule has 0 spiro atoms. The molecule has 0 aliphatic heterocycles. The third-order valence-electron chi connectivity index (χ3n) is 3.09. The van der Waals surface area contributed by atoms with Gasteiger partial charge in [-0.3, -0.25) is 0 Å². The fraction of sp³-hybridized carbons (Fsp3) is 0.111. The predicted octanol–water partition coefficient (Wildman–Crippen LogP) is 4.44. The molecule has 3 aromatic rings. The van der Waals surface area contributed by atoms with Gasteiger partial charge in [0.2, 0.25) is 11.8 Å². The van der Waals surface area contributed by atoms with Gasteiger partial charge in [0.1, 0.15) is 11.5 Å². The van der Waals surface area contributed by atoms with Crippen LogP contribution in [-0.4, -0.2) is 24.2 Å². The minimum atomic E-state index is 0.440. The maximum Gasteiger partial charge on any atom is 0.247 e. The van der Waals surface area contributed by atoms with Crippen molar-refractivity contribution >= 4 is 11.8 Å². The molecule has 0 saturated heterocycles. The summed E-state index contributed by atoms with van der Waals surface area (Å²) in [6.07, 6.45) is 1.53. The first-order valence-corrected chi connectivity index (χ1v) is 8.06. The standard InChI is InChI=1S/C18H16N2O3S/c1-21-16-12-19-17(22-2)18(20-16)24-15-10-6-9-14(11-15)23-13-7-4-3-5-8-13/h3-12H,1-2H3. The average molecular weight is 340 g/mol. The van der Waals surface area contributed by atoms with Gasteiger partial charge in [0, 0.05) is 4.90 Å². The molecule has 122 valence electrons. The zero-order valence-corrected chi connectivity index (χ0v) is 14.1. The second-order valence-corrected chi connectivity index (χ2v) is 5.78. The lowest BCUT2D eigenvalue weighted by Crippen LogP contribution is -1.96. The van der Waals surface area contributed by atoms with E-state index in [0.717, 1.165) is 16.4 Å². The molecule has 0 saturated carbocycles. The molecule has 5 nitrogen and oxygen atoms in total. The lowest BCUT2D eigenvalue weighted by Gasteiger charge is -2.09. The van der Waals surface area contributed by atoms with Crippen molar-refractivity contribution in [3.8, 4) is 23.3 Å². The molecule has 0 amide bonds. The molecule has 24 heavy (non-hydrogen) atoms. The quantitative estimate of drug-likeness (QED) is 0.661. The van der Waals surface area contributed by atoms with Crippen molar-refractivity contribution in [3.05, 3.63) is 60.8 Å². The van der Waals surface area contributed by atoms with Crippen LogP contribution in [0.5, 0.6) is 23.3 Å². The van der Waals surface area contributed by atoms with Crippen LogP contribution in [-0.2, 0) is 0 Å². The summed E-state index contributed by atoms with van der Waals surface area (Å²) in [4.78, 5) is 9.54. The highest BCUT2D eigenvalue weighted by Crippen LogP contribution is 2.35. The number of methoxy groups -OCH3 is 2. The number of hydrogen-bond acceptors (Lipinski definition) is 6. The molecular weight excluding hydrogens is 324 g/mol. The van der Waals surface area contributed by atoms with E-state index in [9.17, 15) is 0 Å². The Labute approximate surface area is 144 Å². The Morgan fingerprint density at radius 2 is 1.67 bits per heavy atom. The number of benzene rings is 2. The number of rotatable bonds is 6. The summed E-state index contributed by atoms with van der Waals surface area (Å²) in [5.74, 6) is 2.43. The smallest absolute Gasteiger partial charge is 0.247 e. The highest BCUT2D eigenvalue weighted by molar-refractivity contribution is 7.99. The number of ether oxygens (including phenoxy) is 3. The predicted molar refractivity (Wildman–Crippen MR) is 92.2 cm³/mol. The van der Waals surface area contributed by atoms with Crippen LogP contribution in [0.25, 0.3) is 0 Å². The van der Waals surface area contributed by atoms with Gasteiger partial charge >= 0.3 is 0 Å². The first kappa shape index (κ1) is 16.1. The molecule has 0 bridgehead atoms. The van der Waals surface area contributed by atoms with Gasteiger partial charge < -0.3 is 14.2 Å². The zero-order chi connectivity index (χ0) is 16.8. The molecule has 0 unspecified atom stereocenters. The van der Waals surface area contributed by atoms with E-state index in [2.05, 4.69) is 9.97 Å². The maximum atomic E-state index is 5.85. The highest BCUT2D eigenvalue weighted by Gasteiger charge is 2.11. The van der Waals surface area contributed by atoms with Crippen LogP contribution in [0.3, 0.4) is 0 Å². The SMILES string of the molecule is COc1cnc(OC)c(Sc2cccc(Oc3ccccc3)c2)n1. The van der Waals surface area contributed by atoms with Gasteiger partial charge in [0.05, 0.1) is 20.4 Å². The number of hydrogen-bond donors (Lipinski definition) is 0. The molecule has 1 aromatic heterocycles. The topological polar surface area (TPSA) is 53.5 Å². The molecule has 6 heteroatoms. The van der Waals surface area contributed by atoms with E-state index in [1.54, 1.807) is 14.2 Å². The van der Waals surface area contributed by atoms with Gasteiger partial charge in [-0.2, -0.15) is 4.98 Å². The van der Waals surface area contributed by atoms with Gasteiger partial charge in [-0.15, -0.1) is 0 Å². The lowest BCUT2D eigenvalue weighted by molar-refractivity contribution is 0.361. The molecule has 0 fully saturated rings. The van der Waals surface area contributed by atoms with E-state index in [1.807, 2.05) is 54.6 Å². The molecule has 0 radical (unpaired) electrons. The summed E-state index contributed by atoms with van der Waals surface area (Å²) in [7, 11) is 3.12. The maximum absolute atomic E-state index is 5.85.